The van der Waals surface area contributed by atoms with Crippen molar-refractivity contribution in [1.29, 1.82) is 0 Å². The Hall–Kier alpha value is -0.810. The molecule has 0 radical (unpaired) electrons. The fraction of sp³-hybridized carbons (Fsp3) is 0.909. The van der Waals surface area contributed by atoms with Crippen LogP contribution in [0.25, 0.3) is 0 Å². The smallest absolute Gasteiger partial charge is 0.407 e. The number of rotatable bonds is 1. The molecule has 5 nitrogen and oxygen atoms in total. The van der Waals surface area contributed by atoms with Crippen LogP contribution in [0.3, 0.4) is 0 Å². The molecule has 2 N–H and O–H groups in total. The number of aliphatic hydroxyl groups is 1. The lowest BCUT2D eigenvalue weighted by Gasteiger charge is -2.54. The lowest BCUT2D eigenvalue weighted by molar-refractivity contribution is -0.190. The number of ether oxygens (including phenoxy) is 1. The van der Waals surface area contributed by atoms with Crippen molar-refractivity contribution >= 4 is 6.09 Å². The summed E-state index contributed by atoms with van der Waals surface area (Å²) in [5.41, 5.74) is -0.431. The standard InChI is InChI=1S/C11H19NO4/c1-7(2)11-5-12(10(14)15)3-8(9(11)13)4-16-6-11/h7-9,13H,3-6H2,1-2H3,(H,14,15)/t8-,9?,11+/m0/s1. The van der Waals surface area contributed by atoms with E-state index >= 15 is 0 Å². The summed E-state index contributed by atoms with van der Waals surface area (Å²) in [6, 6.07) is 0. The molecular weight excluding hydrogens is 210 g/mol. The predicted octanol–water partition coefficient (Wildman–Crippen LogP) is 0.630. The monoisotopic (exact) mass is 229 g/mol. The van der Waals surface area contributed by atoms with Gasteiger partial charge in [-0.2, -0.15) is 0 Å². The highest BCUT2D eigenvalue weighted by molar-refractivity contribution is 5.65. The van der Waals surface area contributed by atoms with E-state index in [1.54, 1.807) is 0 Å². The third-order valence-electron chi connectivity index (χ3n) is 4.10. The summed E-state index contributed by atoms with van der Waals surface area (Å²) < 4.78 is 5.52. The Morgan fingerprint density at radius 1 is 1.56 bits per heavy atom. The molecule has 0 spiro atoms. The zero-order valence-corrected chi connectivity index (χ0v) is 9.72. The normalized spacial score (nSPS) is 38.9. The summed E-state index contributed by atoms with van der Waals surface area (Å²) in [7, 11) is 0. The molecular formula is C11H19NO4. The maximum atomic E-state index is 11.1. The maximum absolute atomic E-state index is 11.1. The highest BCUT2D eigenvalue weighted by Crippen LogP contribution is 2.43. The third-order valence-corrected chi connectivity index (χ3v) is 4.10. The average Bonchev–Trinajstić information content (AvgIpc) is 2.16. The summed E-state index contributed by atoms with van der Waals surface area (Å²) in [6.07, 6.45) is -1.35. The Kier molecular flexibility index (Phi) is 2.84. The van der Waals surface area contributed by atoms with Crippen LogP contribution in [0.1, 0.15) is 13.8 Å². The Balaban J connectivity index is 2.28. The van der Waals surface area contributed by atoms with E-state index in [1.807, 2.05) is 13.8 Å². The fourth-order valence-electron chi connectivity index (χ4n) is 2.88. The van der Waals surface area contributed by atoms with Gasteiger partial charge in [0.15, 0.2) is 0 Å². The Morgan fingerprint density at radius 2 is 2.25 bits per heavy atom. The Labute approximate surface area is 95.0 Å². The molecule has 0 aliphatic carbocycles. The topological polar surface area (TPSA) is 70.0 Å². The number of nitrogens with zero attached hydrogens (tertiary/aromatic N) is 1. The number of amides is 1. The van der Waals surface area contributed by atoms with E-state index in [0.29, 0.717) is 26.3 Å². The molecule has 1 unspecified atom stereocenters. The molecule has 0 aromatic carbocycles. The zero-order chi connectivity index (χ0) is 11.9. The number of hydrogen-bond donors (Lipinski definition) is 2. The van der Waals surface area contributed by atoms with Crippen LogP contribution in [-0.2, 0) is 4.74 Å². The van der Waals surface area contributed by atoms with E-state index in [2.05, 4.69) is 0 Å². The first kappa shape index (κ1) is 11.7. The number of piperidine rings is 1. The van der Waals surface area contributed by atoms with Gasteiger partial charge in [0, 0.05) is 24.4 Å². The molecule has 2 rings (SSSR count). The number of hydrogen-bond acceptors (Lipinski definition) is 3. The molecule has 16 heavy (non-hydrogen) atoms. The maximum Gasteiger partial charge on any atom is 0.407 e. The van der Waals surface area contributed by atoms with Crippen molar-refractivity contribution in [2.45, 2.75) is 20.0 Å². The molecule has 3 atom stereocenters. The third kappa shape index (κ3) is 1.58. The molecule has 0 saturated carbocycles. The van der Waals surface area contributed by atoms with Gasteiger partial charge < -0.3 is 19.8 Å². The molecule has 2 heterocycles. The van der Waals surface area contributed by atoms with Gasteiger partial charge in [0.2, 0.25) is 0 Å². The second-order valence-electron chi connectivity index (χ2n) is 5.27. The second-order valence-corrected chi connectivity index (χ2v) is 5.27. The van der Waals surface area contributed by atoms with Gasteiger partial charge in [-0.25, -0.2) is 4.79 Å². The average molecular weight is 229 g/mol. The van der Waals surface area contributed by atoms with E-state index < -0.39 is 17.6 Å². The summed E-state index contributed by atoms with van der Waals surface area (Å²) in [4.78, 5) is 12.5. The lowest BCUT2D eigenvalue weighted by atomic mass is 9.65. The summed E-state index contributed by atoms with van der Waals surface area (Å²) in [5.74, 6) is 0.119. The number of carboxylic acid groups (broad SMARTS) is 1. The van der Waals surface area contributed by atoms with Crippen LogP contribution in [-0.4, -0.2) is 53.6 Å². The first-order chi connectivity index (χ1) is 7.47. The van der Waals surface area contributed by atoms with Crippen molar-refractivity contribution in [1.82, 2.24) is 4.90 Å². The van der Waals surface area contributed by atoms with E-state index in [0.717, 1.165) is 0 Å². The molecule has 1 amide bonds. The number of aliphatic hydroxyl groups excluding tert-OH is 1. The minimum Gasteiger partial charge on any atom is -0.465 e. The molecule has 2 saturated heterocycles. The van der Waals surface area contributed by atoms with Crippen LogP contribution in [0.2, 0.25) is 0 Å². The molecule has 92 valence electrons. The van der Waals surface area contributed by atoms with E-state index in [1.165, 1.54) is 4.90 Å². The van der Waals surface area contributed by atoms with Crippen molar-refractivity contribution in [2.75, 3.05) is 26.3 Å². The molecule has 2 fully saturated rings. The van der Waals surface area contributed by atoms with Crippen LogP contribution in [0, 0.1) is 17.3 Å². The van der Waals surface area contributed by atoms with E-state index in [9.17, 15) is 9.90 Å². The van der Waals surface area contributed by atoms with E-state index in [-0.39, 0.29) is 11.8 Å². The van der Waals surface area contributed by atoms with Crippen molar-refractivity contribution in [2.24, 2.45) is 17.3 Å². The SMILES string of the molecule is CC(C)[C@]12COC[C@H](CN(C(=O)O)C1)C2O. The summed E-state index contributed by atoms with van der Waals surface area (Å²) in [6.45, 7) is 5.69. The predicted molar refractivity (Wildman–Crippen MR) is 57.2 cm³/mol. The number of fused-ring (bicyclic) bond motifs is 2. The van der Waals surface area contributed by atoms with Gasteiger partial charge >= 0.3 is 6.09 Å². The van der Waals surface area contributed by atoms with Crippen LogP contribution in [0.5, 0.6) is 0 Å². The minimum atomic E-state index is -0.899. The molecule has 2 aliphatic rings. The quantitative estimate of drug-likeness (QED) is 0.692. The van der Waals surface area contributed by atoms with E-state index in [4.69, 9.17) is 9.84 Å². The molecule has 2 bridgehead atoms. The highest BCUT2D eigenvalue weighted by Gasteiger charge is 2.53. The van der Waals surface area contributed by atoms with Crippen molar-refractivity contribution < 1.29 is 19.7 Å². The molecule has 5 heteroatoms. The van der Waals surface area contributed by atoms with Gasteiger partial charge in [-0.05, 0) is 5.92 Å². The van der Waals surface area contributed by atoms with Crippen LogP contribution < -0.4 is 0 Å². The second kappa shape index (κ2) is 3.89. The highest BCUT2D eigenvalue weighted by atomic mass is 16.5. The largest absolute Gasteiger partial charge is 0.465 e. The van der Waals surface area contributed by atoms with Gasteiger partial charge in [-0.3, -0.25) is 0 Å². The van der Waals surface area contributed by atoms with Crippen LogP contribution >= 0.6 is 0 Å². The van der Waals surface area contributed by atoms with Gasteiger partial charge in [-0.1, -0.05) is 13.8 Å². The number of likely N-dealkylation sites (tertiary alicyclic amines) is 1. The Bertz CT molecular complexity index is 294. The Morgan fingerprint density at radius 3 is 2.81 bits per heavy atom. The van der Waals surface area contributed by atoms with Gasteiger partial charge in [-0.15, -0.1) is 0 Å². The van der Waals surface area contributed by atoms with Crippen LogP contribution in [0.15, 0.2) is 0 Å². The van der Waals surface area contributed by atoms with Gasteiger partial charge in [0.25, 0.3) is 0 Å². The van der Waals surface area contributed by atoms with Crippen molar-refractivity contribution in [3.8, 4) is 0 Å². The molecule has 0 aromatic heterocycles. The first-order valence-corrected chi connectivity index (χ1v) is 5.71. The van der Waals surface area contributed by atoms with Crippen LogP contribution in [0.4, 0.5) is 4.79 Å². The minimum absolute atomic E-state index is 0.0824. The first-order valence-electron chi connectivity index (χ1n) is 5.71. The lowest BCUT2D eigenvalue weighted by Crippen LogP contribution is -2.65. The fourth-order valence-corrected chi connectivity index (χ4v) is 2.88. The summed E-state index contributed by atoms with van der Waals surface area (Å²) >= 11 is 0. The van der Waals surface area contributed by atoms with Crippen molar-refractivity contribution in [3.05, 3.63) is 0 Å². The van der Waals surface area contributed by atoms with Crippen molar-refractivity contribution in [3.63, 3.8) is 0 Å². The zero-order valence-electron chi connectivity index (χ0n) is 9.72. The molecule has 0 aromatic rings. The van der Waals surface area contributed by atoms with Gasteiger partial charge in [0.05, 0.1) is 19.3 Å². The molecule has 2 aliphatic heterocycles. The number of carbonyl (C=O) groups is 1. The summed E-state index contributed by atoms with van der Waals surface area (Å²) in [5, 5.41) is 19.4. The van der Waals surface area contributed by atoms with Gasteiger partial charge in [0.1, 0.15) is 0 Å².